The summed E-state index contributed by atoms with van der Waals surface area (Å²) in [4.78, 5) is 4.94. The van der Waals surface area contributed by atoms with E-state index in [0.717, 1.165) is 38.8 Å². The number of primary sulfonamides is 1. The number of piperidine rings is 2. The highest BCUT2D eigenvalue weighted by Crippen LogP contribution is 2.38. The topological polar surface area (TPSA) is 66.6 Å². The van der Waals surface area contributed by atoms with E-state index >= 15 is 0 Å². The second-order valence-electron chi connectivity index (χ2n) is 6.24. The Morgan fingerprint density at radius 2 is 1.61 bits per heavy atom. The van der Waals surface area contributed by atoms with Crippen LogP contribution in [0, 0.1) is 0 Å². The van der Waals surface area contributed by atoms with Crippen molar-refractivity contribution in [1.82, 2.24) is 9.80 Å². The van der Waals surface area contributed by atoms with Gasteiger partial charge in [0.2, 0.25) is 10.0 Å². The maximum Gasteiger partial charge on any atom is 0.212 e. The summed E-state index contributed by atoms with van der Waals surface area (Å²) in [6.45, 7) is 2.26. The molecule has 3 aliphatic heterocycles. The first-order chi connectivity index (χ1) is 8.45. The molecule has 0 radical (unpaired) electrons. The molecular weight excluding hydrogens is 250 g/mol. The van der Waals surface area contributed by atoms with Crippen molar-refractivity contribution < 1.29 is 8.42 Å². The molecule has 2 N–H and O–H groups in total. The molecule has 104 valence electrons. The van der Waals surface area contributed by atoms with Crippen LogP contribution in [-0.4, -0.2) is 61.7 Å². The Labute approximate surface area is 109 Å². The summed E-state index contributed by atoms with van der Waals surface area (Å²) in [5, 5.41) is 5.05. The zero-order valence-electron chi connectivity index (χ0n) is 11.0. The number of sulfonamides is 1. The number of nitrogens with two attached hydrogens (primary N) is 1. The van der Waals surface area contributed by atoms with Gasteiger partial charge in [0, 0.05) is 31.2 Å². The summed E-state index contributed by atoms with van der Waals surface area (Å²) in [5.41, 5.74) is 0. The van der Waals surface area contributed by atoms with E-state index in [2.05, 4.69) is 16.8 Å². The number of fused-ring (bicyclic) bond motifs is 2. The average Bonchev–Trinajstić information content (AvgIpc) is 2.21. The molecule has 3 atom stereocenters. The van der Waals surface area contributed by atoms with Gasteiger partial charge < -0.3 is 4.90 Å². The minimum Gasteiger partial charge on any atom is -0.303 e. The zero-order valence-corrected chi connectivity index (χ0v) is 11.8. The highest BCUT2D eigenvalue weighted by Gasteiger charge is 2.46. The third kappa shape index (κ3) is 2.19. The lowest BCUT2D eigenvalue weighted by atomic mass is 9.82. The smallest absolute Gasteiger partial charge is 0.212 e. The average molecular weight is 273 g/mol. The molecule has 18 heavy (non-hydrogen) atoms. The van der Waals surface area contributed by atoms with Gasteiger partial charge in [-0.15, -0.1) is 0 Å². The predicted octanol–water partition coefficient (Wildman–Crippen LogP) is -0.0256. The van der Waals surface area contributed by atoms with Crippen molar-refractivity contribution in [3.63, 3.8) is 0 Å². The fourth-order valence-corrected chi connectivity index (χ4v) is 5.07. The fourth-order valence-electron chi connectivity index (χ4n) is 4.09. The first-order valence-corrected chi connectivity index (χ1v) is 8.53. The molecule has 0 aromatic heterocycles. The van der Waals surface area contributed by atoms with Gasteiger partial charge in [-0.25, -0.2) is 13.6 Å². The molecule has 0 aromatic rings. The molecule has 6 heteroatoms. The first kappa shape index (κ1) is 12.8. The van der Waals surface area contributed by atoms with Gasteiger partial charge in [-0.1, -0.05) is 6.42 Å². The van der Waals surface area contributed by atoms with Crippen molar-refractivity contribution >= 4 is 10.0 Å². The molecule has 0 spiro atoms. The summed E-state index contributed by atoms with van der Waals surface area (Å²) >= 11 is 0. The molecule has 0 aromatic carbocycles. The van der Waals surface area contributed by atoms with Gasteiger partial charge in [0.25, 0.3) is 0 Å². The quantitative estimate of drug-likeness (QED) is 0.767. The molecule has 3 aliphatic rings. The van der Waals surface area contributed by atoms with E-state index in [1.807, 2.05) is 0 Å². The van der Waals surface area contributed by atoms with Crippen molar-refractivity contribution in [2.45, 2.75) is 55.5 Å². The molecule has 1 unspecified atom stereocenters. The second-order valence-corrected chi connectivity index (χ2v) is 8.09. The number of rotatable bonds is 2. The Morgan fingerprint density at radius 1 is 1.06 bits per heavy atom. The molecule has 3 heterocycles. The van der Waals surface area contributed by atoms with Crippen LogP contribution in [0.5, 0.6) is 0 Å². The predicted molar refractivity (Wildman–Crippen MR) is 70.7 cm³/mol. The van der Waals surface area contributed by atoms with Gasteiger partial charge in [-0.2, -0.15) is 0 Å². The van der Waals surface area contributed by atoms with Gasteiger partial charge in [-0.3, -0.25) is 4.90 Å². The van der Waals surface area contributed by atoms with E-state index in [1.54, 1.807) is 0 Å². The second kappa shape index (κ2) is 4.44. The van der Waals surface area contributed by atoms with Crippen molar-refractivity contribution in [3.05, 3.63) is 0 Å². The molecule has 3 fully saturated rings. The minimum absolute atomic E-state index is 0.304. The Kier molecular flexibility index (Phi) is 3.17. The maximum absolute atomic E-state index is 11.6. The van der Waals surface area contributed by atoms with Crippen molar-refractivity contribution in [2.75, 3.05) is 20.1 Å². The zero-order chi connectivity index (χ0) is 12.9. The minimum atomic E-state index is -3.35. The summed E-state index contributed by atoms with van der Waals surface area (Å²) in [7, 11) is -1.21. The van der Waals surface area contributed by atoms with Crippen LogP contribution in [0.3, 0.4) is 0 Å². The van der Waals surface area contributed by atoms with E-state index in [0.29, 0.717) is 18.1 Å². The molecule has 3 rings (SSSR count). The Balaban J connectivity index is 1.75. The van der Waals surface area contributed by atoms with E-state index in [9.17, 15) is 8.42 Å². The third-order valence-electron chi connectivity index (χ3n) is 4.92. The van der Waals surface area contributed by atoms with Gasteiger partial charge in [0.15, 0.2) is 0 Å². The monoisotopic (exact) mass is 273 g/mol. The number of hydrogen-bond donors (Lipinski definition) is 1. The van der Waals surface area contributed by atoms with Crippen LogP contribution in [0.2, 0.25) is 0 Å². The van der Waals surface area contributed by atoms with Crippen LogP contribution in [0.4, 0.5) is 0 Å². The molecule has 0 amide bonds. The lowest BCUT2D eigenvalue weighted by Crippen LogP contribution is -2.67. The fraction of sp³-hybridized carbons (Fsp3) is 1.00. The van der Waals surface area contributed by atoms with Crippen LogP contribution in [-0.2, 0) is 10.0 Å². The van der Waals surface area contributed by atoms with Gasteiger partial charge >= 0.3 is 0 Å². The summed E-state index contributed by atoms with van der Waals surface area (Å²) in [6, 6.07) is 1.53. The molecule has 5 nitrogen and oxygen atoms in total. The van der Waals surface area contributed by atoms with E-state index in [4.69, 9.17) is 5.14 Å². The Bertz CT molecular complexity index is 405. The normalized spacial score (nSPS) is 39.6. The summed E-state index contributed by atoms with van der Waals surface area (Å²) in [6.07, 6.45) is 5.02. The summed E-state index contributed by atoms with van der Waals surface area (Å²) in [5.74, 6) is 0. The van der Waals surface area contributed by atoms with Crippen LogP contribution < -0.4 is 5.14 Å². The van der Waals surface area contributed by atoms with E-state index in [1.165, 1.54) is 6.42 Å². The lowest BCUT2D eigenvalue weighted by Gasteiger charge is -2.56. The van der Waals surface area contributed by atoms with Crippen LogP contribution >= 0.6 is 0 Å². The van der Waals surface area contributed by atoms with Crippen molar-refractivity contribution in [3.8, 4) is 0 Å². The molecule has 0 saturated carbocycles. The molecular formula is C12H23N3O2S. The number of likely N-dealkylation sites (N-methyl/N-ethyl adjacent to an activating group) is 1. The summed E-state index contributed by atoms with van der Waals surface area (Å²) < 4.78 is 23.2. The third-order valence-corrected chi connectivity index (χ3v) is 6.23. The standard InChI is InChI=1S/C12H23N3O2S/c1-14-7-11(8-14)15-9-3-2-4-10(15)6-12(5-9)18(13,16)17/h9-12H,2-8H2,1H3,(H2,13,16,17)/t9-,10+,12?. The van der Waals surface area contributed by atoms with Gasteiger partial charge in [0.1, 0.15) is 0 Å². The highest BCUT2D eigenvalue weighted by molar-refractivity contribution is 7.89. The lowest BCUT2D eigenvalue weighted by molar-refractivity contribution is -0.0514. The number of hydrogen-bond acceptors (Lipinski definition) is 4. The SMILES string of the molecule is CN1CC(N2[C@@H]3CCC[C@H]2CC(S(N)(=O)=O)C3)C1. The van der Waals surface area contributed by atoms with E-state index < -0.39 is 10.0 Å². The van der Waals surface area contributed by atoms with Crippen LogP contribution in [0.15, 0.2) is 0 Å². The van der Waals surface area contributed by atoms with Crippen LogP contribution in [0.1, 0.15) is 32.1 Å². The van der Waals surface area contributed by atoms with Crippen molar-refractivity contribution in [1.29, 1.82) is 0 Å². The van der Waals surface area contributed by atoms with Gasteiger partial charge in [0.05, 0.1) is 5.25 Å². The molecule has 3 saturated heterocycles. The van der Waals surface area contributed by atoms with Gasteiger partial charge in [-0.05, 0) is 32.7 Å². The van der Waals surface area contributed by atoms with Crippen molar-refractivity contribution in [2.24, 2.45) is 5.14 Å². The Hall–Kier alpha value is -0.170. The molecule has 0 aliphatic carbocycles. The largest absolute Gasteiger partial charge is 0.303 e. The molecule has 2 bridgehead atoms. The number of likely N-dealkylation sites (tertiary alicyclic amines) is 1. The highest BCUT2D eigenvalue weighted by atomic mass is 32.2. The number of nitrogens with zero attached hydrogens (tertiary/aromatic N) is 2. The van der Waals surface area contributed by atoms with Crippen LogP contribution in [0.25, 0.3) is 0 Å². The Morgan fingerprint density at radius 3 is 2.06 bits per heavy atom. The maximum atomic E-state index is 11.6. The first-order valence-electron chi connectivity index (χ1n) is 6.92. The van der Waals surface area contributed by atoms with E-state index in [-0.39, 0.29) is 5.25 Å².